The molecule has 9 nitrogen and oxygen atoms in total. The number of pyridine rings is 1. The maximum absolute atomic E-state index is 15.8. The fraction of sp³-hybridized carbons (Fsp3) is 0.188. The molecule has 0 radical (unpaired) electrons. The molecule has 1 aromatic heterocycles. The van der Waals surface area contributed by atoms with E-state index in [1.165, 1.54) is 24.3 Å². The number of carboxylic acid groups (broad SMARTS) is 1. The van der Waals surface area contributed by atoms with Gasteiger partial charge in [0.05, 0.1) is 29.9 Å². The summed E-state index contributed by atoms with van der Waals surface area (Å²) in [7, 11) is 1.82. The van der Waals surface area contributed by atoms with Gasteiger partial charge in [-0.05, 0) is 42.8 Å². The van der Waals surface area contributed by atoms with Gasteiger partial charge in [0.1, 0.15) is 23.4 Å². The molecule has 5 rings (SSSR count). The summed E-state index contributed by atoms with van der Waals surface area (Å²) in [5.41, 5.74) is 1.54. The van der Waals surface area contributed by atoms with Gasteiger partial charge >= 0.3 is 5.97 Å². The number of aliphatic carboxylic acids is 1. The maximum Gasteiger partial charge on any atom is 0.316 e. The van der Waals surface area contributed by atoms with Gasteiger partial charge in [-0.15, -0.1) is 11.8 Å². The number of benzene rings is 3. The summed E-state index contributed by atoms with van der Waals surface area (Å²) < 4.78 is 48.3. The fourth-order valence-electron chi connectivity index (χ4n) is 4.25. The molecule has 4 aromatic rings. The van der Waals surface area contributed by atoms with Gasteiger partial charge in [0.15, 0.2) is 17.3 Å². The van der Waals surface area contributed by atoms with Crippen molar-refractivity contribution in [3.8, 4) is 34.9 Å². The van der Waals surface area contributed by atoms with Gasteiger partial charge in [0.25, 0.3) is 5.88 Å². The minimum absolute atomic E-state index is 0.000456. The van der Waals surface area contributed by atoms with Crippen LogP contribution in [0.3, 0.4) is 0 Å². The van der Waals surface area contributed by atoms with Gasteiger partial charge in [-0.3, -0.25) is 9.79 Å². The highest BCUT2D eigenvalue weighted by atomic mass is 32.2. The highest BCUT2D eigenvalue weighted by Gasteiger charge is 2.25. The van der Waals surface area contributed by atoms with E-state index in [2.05, 4.69) is 9.98 Å². The average molecular weight is 617 g/mol. The minimum atomic E-state index is -1.22. The van der Waals surface area contributed by atoms with Crippen molar-refractivity contribution >= 4 is 23.6 Å². The van der Waals surface area contributed by atoms with E-state index in [0.29, 0.717) is 29.4 Å². The number of aliphatic imine (C=N–C) groups is 1. The van der Waals surface area contributed by atoms with E-state index in [9.17, 15) is 15.2 Å². The van der Waals surface area contributed by atoms with E-state index in [1.54, 1.807) is 19.1 Å². The second-order valence-corrected chi connectivity index (χ2v) is 11.1. The van der Waals surface area contributed by atoms with Crippen molar-refractivity contribution in [3.05, 3.63) is 101 Å². The lowest BCUT2D eigenvalue weighted by Crippen LogP contribution is -2.24. The standard InChI is InChI=1S/C32H26F2N4O5S/c1-19(32(39)40)44-22-9-11-25(23(15-22)30-36-12-13-38(30)2)42-29-24(33)17-37-31(28(29)34)43-27-14-21(16-35)8-10-26(27)41-18-20-6-4-3-5-7-20/h3-11,14-15,17,19H,12-13,18H2,1-2H3,(H,39,40). The molecular weight excluding hydrogens is 590 g/mol. The number of amidine groups is 1. The number of thioether (sulfide) groups is 1. The zero-order valence-electron chi connectivity index (χ0n) is 23.7. The zero-order chi connectivity index (χ0) is 31.2. The number of rotatable bonds is 11. The van der Waals surface area contributed by atoms with Crippen molar-refractivity contribution in [2.24, 2.45) is 4.99 Å². The van der Waals surface area contributed by atoms with E-state index in [1.807, 2.05) is 48.3 Å². The van der Waals surface area contributed by atoms with Gasteiger partial charge < -0.3 is 24.2 Å². The van der Waals surface area contributed by atoms with Crippen LogP contribution in [0.5, 0.6) is 28.9 Å². The largest absolute Gasteiger partial charge is 0.485 e. The second-order valence-electron chi connectivity index (χ2n) is 9.69. The van der Waals surface area contributed by atoms with Crippen LogP contribution in [0, 0.1) is 23.0 Å². The Morgan fingerprint density at radius 2 is 1.86 bits per heavy atom. The molecule has 2 heterocycles. The maximum atomic E-state index is 15.8. The predicted molar refractivity (Wildman–Crippen MR) is 160 cm³/mol. The Morgan fingerprint density at radius 1 is 1.09 bits per heavy atom. The molecule has 0 saturated heterocycles. The average Bonchev–Trinajstić information content (AvgIpc) is 3.46. The van der Waals surface area contributed by atoms with E-state index >= 15 is 8.78 Å². The normalized spacial score (nSPS) is 13.2. The molecule has 0 spiro atoms. The van der Waals surface area contributed by atoms with Gasteiger partial charge in [0.2, 0.25) is 11.6 Å². The van der Waals surface area contributed by atoms with Crippen molar-refractivity contribution in [3.63, 3.8) is 0 Å². The molecule has 1 atom stereocenters. The molecule has 0 amide bonds. The number of halogens is 2. The Hall–Kier alpha value is -5.15. The van der Waals surface area contributed by atoms with Gasteiger partial charge in [-0.1, -0.05) is 30.3 Å². The van der Waals surface area contributed by atoms with E-state index in [0.717, 1.165) is 23.5 Å². The van der Waals surface area contributed by atoms with Crippen LogP contribution in [-0.4, -0.2) is 52.2 Å². The first-order valence-electron chi connectivity index (χ1n) is 13.4. The van der Waals surface area contributed by atoms with Crippen molar-refractivity contribution in [1.82, 2.24) is 9.88 Å². The van der Waals surface area contributed by atoms with Crippen molar-refractivity contribution in [2.75, 3.05) is 20.1 Å². The number of carboxylic acids is 1. The first-order chi connectivity index (χ1) is 21.2. The lowest BCUT2D eigenvalue weighted by Gasteiger charge is -2.19. The van der Waals surface area contributed by atoms with Gasteiger partial charge in [-0.2, -0.15) is 9.65 Å². The molecule has 1 aliphatic heterocycles. The molecule has 12 heteroatoms. The number of nitriles is 1. The first kappa shape index (κ1) is 30.3. The highest BCUT2D eigenvalue weighted by Crippen LogP contribution is 2.39. The summed E-state index contributed by atoms with van der Waals surface area (Å²) in [6, 6.07) is 20.5. The van der Waals surface area contributed by atoms with Crippen LogP contribution in [0.2, 0.25) is 0 Å². The van der Waals surface area contributed by atoms with Crippen LogP contribution in [0.15, 0.2) is 82.8 Å². The number of aromatic nitrogens is 1. The third kappa shape index (κ3) is 6.90. The Bertz CT molecular complexity index is 1760. The lowest BCUT2D eigenvalue weighted by atomic mass is 10.1. The summed E-state index contributed by atoms with van der Waals surface area (Å²) in [5, 5.41) is 18.0. The number of nitrogens with zero attached hydrogens (tertiary/aromatic N) is 4. The van der Waals surface area contributed by atoms with Crippen LogP contribution >= 0.6 is 11.8 Å². The molecule has 3 aromatic carbocycles. The molecule has 1 aliphatic rings. The number of likely N-dealkylation sites (N-methyl/N-ethyl adjacent to an activating group) is 1. The zero-order valence-corrected chi connectivity index (χ0v) is 24.5. The monoisotopic (exact) mass is 616 g/mol. The molecular formula is C32H26F2N4O5S. The third-order valence-electron chi connectivity index (χ3n) is 6.54. The van der Waals surface area contributed by atoms with Crippen LogP contribution in [0.1, 0.15) is 23.6 Å². The van der Waals surface area contributed by atoms with E-state index in [-0.39, 0.29) is 29.4 Å². The van der Waals surface area contributed by atoms with Crippen molar-refractivity contribution in [1.29, 1.82) is 5.26 Å². The Morgan fingerprint density at radius 3 is 2.57 bits per heavy atom. The van der Waals surface area contributed by atoms with Crippen molar-refractivity contribution in [2.45, 2.75) is 23.7 Å². The second kappa shape index (κ2) is 13.4. The third-order valence-corrected chi connectivity index (χ3v) is 7.62. The summed E-state index contributed by atoms with van der Waals surface area (Å²) in [6.07, 6.45) is 0.768. The smallest absolute Gasteiger partial charge is 0.316 e. The summed E-state index contributed by atoms with van der Waals surface area (Å²) in [5.74, 6) is -3.79. The number of hydrogen-bond donors (Lipinski definition) is 1. The molecule has 0 saturated carbocycles. The summed E-state index contributed by atoms with van der Waals surface area (Å²) in [4.78, 5) is 22.2. The molecule has 224 valence electrons. The van der Waals surface area contributed by atoms with Crippen LogP contribution in [-0.2, 0) is 11.4 Å². The fourth-order valence-corrected chi connectivity index (χ4v) is 5.09. The Labute approximate surface area is 256 Å². The Balaban J connectivity index is 1.47. The summed E-state index contributed by atoms with van der Waals surface area (Å²) in [6.45, 7) is 2.88. The molecule has 0 aliphatic carbocycles. The van der Waals surface area contributed by atoms with Gasteiger partial charge in [0, 0.05) is 24.6 Å². The van der Waals surface area contributed by atoms with Crippen LogP contribution in [0.4, 0.5) is 8.78 Å². The summed E-state index contributed by atoms with van der Waals surface area (Å²) >= 11 is 1.12. The number of carbonyl (C=O) groups is 1. The van der Waals surface area contributed by atoms with Crippen LogP contribution in [0.25, 0.3) is 0 Å². The SMILES string of the molecule is CC(Sc1ccc(Oc2c(F)cnc(Oc3cc(C#N)ccc3OCc3ccccc3)c2F)c(C2=NCCN2C)c1)C(=O)O. The van der Waals surface area contributed by atoms with Gasteiger partial charge in [-0.25, -0.2) is 9.37 Å². The topological polar surface area (TPSA) is 117 Å². The van der Waals surface area contributed by atoms with E-state index in [4.69, 9.17) is 14.2 Å². The molecule has 44 heavy (non-hydrogen) atoms. The Kier molecular flexibility index (Phi) is 9.26. The number of hydrogen-bond acceptors (Lipinski definition) is 9. The van der Waals surface area contributed by atoms with Crippen LogP contribution < -0.4 is 14.2 Å². The van der Waals surface area contributed by atoms with Crippen molar-refractivity contribution < 1.29 is 32.9 Å². The quantitative estimate of drug-likeness (QED) is 0.185. The molecule has 0 bridgehead atoms. The van der Waals surface area contributed by atoms with E-state index < -0.39 is 34.5 Å². The molecule has 1 N–H and O–H groups in total. The minimum Gasteiger partial charge on any atom is -0.485 e. The molecule has 0 fully saturated rings. The highest BCUT2D eigenvalue weighted by molar-refractivity contribution is 8.00. The predicted octanol–water partition coefficient (Wildman–Crippen LogP) is 6.65. The molecule has 1 unspecified atom stereocenters. The first-order valence-corrected chi connectivity index (χ1v) is 14.3. The number of ether oxygens (including phenoxy) is 3. The lowest BCUT2D eigenvalue weighted by molar-refractivity contribution is -0.136.